The van der Waals surface area contributed by atoms with E-state index in [4.69, 9.17) is 4.74 Å². The van der Waals surface area contributed by atoms with Gasteiger partial charge in [-0.2, -0.15) is 0 Å². The summed E-state index contributed by atoms with van der Waals surface area (Å²) in [6.45, 7) is 9.03. The van der Waals surface area contributed by atoms with E-state index in [1.165, 1.54) is 0 Å². The Kier molecular flexibility index (Phi) is 5.19. The molecule has 22 heavy (non-hydrogen) atoms. The molecule has 5 heteroatoms. The Hall–Kier alpha value is -1.88. The van der Waals surface area contributed by atoms with Gasteiger partial charge in [-0.15, -0.1) is 0 Å². The molecule has 1 aromatic carbocycles. The molecular formula is C17H24N2O3. The SMILES string of the molecule is Cc1ccc(C(=O)NCC(=O)N2CC(C)OC(C)C2)cc1C. The van der Waals surface area contributed by atoms with Crippen molar-refractivity contribution < 1.29 is 14.3 Å². The molecule has 2 atom stereocenters. The third-order valence-electron chi connectivity index (χ3n) is 3.94. The monoisotopic (exact) mass is 304 g/mol. The third-order valence-corrected chi connectivity index (χ3v) is 3.94. The largest absolute Gasteiger partial charge is 0.372 e. The van der Waals surface area contributed by atoms with Gasteiger partial charge in [0.1, 0.15) is 0 Å². The van der Waals surface area contributed by atoms with Crippen molar-refractivity contribution in [1.82, 2.24) is 10.2 Å². The standard InChI is InChI=1S/C17H24N2O3/c1-11-5-6-15(7-12(11)2)17(21)18-8-16(20)19-9-13(3)22-14(4)10-19/h5-7,13-14H,8-10H2,1-4H3,(H,18,21). The number of amides is 2. The highest BCUT2D eigenvalue weighted by molar-refractivity contribution is 5.96. The summed E-state index contributed by atoms with van der Waals surface area (Å²) in [5.41, 5.74) is 2.79. The van der Waals surface area contributed by atoms with Crippen molar-refractivity contribution >= 4 is 11.8 Å². The number of nitrogens with zero attached hydrogens (tertiary/aromatic N) is 1. The molecule has 2 rings (SSSR count). The molecule has 120 valence electrons. The Labute approximate surface area is 131 Å². The van der Waals surface area contributed by atoms with Gasteiger partial charge in [-0.25, -0.2) is 0 Å². The lowest BCUT2D eigenvalue weighted by atomic mass is 10.1. The number of aryl methyl sites for hydroxylation is 2. The summed E-state index contributed by atoms with van der Waals surface area (Å²) in [7, 11) is 0. The third kappa shape index (κ3) is 4.07. The van der Waals surface area contributed by atoms with Crippen LogP contribution in [0.2, 0.25) is 0 Å². The fraction of sp³-hybridized carbons (Fsp3) is 0.529. The highest BCUT2D eigenvalue weighted by atomic mass is 16.5. The van der Waals surface area contributed by atoms with Crippen molar-refractivity contribution in [3.05, 3.63) is 34.9 Å². The van der Waals surface area contributed by atoms with E-state index >= 15 is 0 Å². The van der Waals surface area contributed by atoms with E-state index in [1.54, 1.807) is 11.0 Å². The molecule has 1 heterocycles. The minimum Gasteiger partial charge on any atom is -0.372 e. The molecule has 0 bridgehead atoms. The Morgan fingerprint density at radius 3 is 2.41 bits per heavy atom. The lowest BCUT2D eigenvalue weighted by Gasteiger charge is -2.35. The first-order valence-corrected chi connectivity index (χ1v) is 7.65. The maximum absolute atomic E-state index is 12.2. The molecule has 0 aromatic heterocycles. The van der Waals surface area contributed by atoms with Gasteiger partial charge in [-0.3, -0.25) is 9.59 Å². The minimum absolute atomic E-state index is 0.0190. The van der Waals surface area contributed by atoms with Crippen LogP contribution in [0.5, 0.6) is 0 Å². The van der Waals surface area contributed by atoms with Crippen molar-refractivity contribution in [2.45, 2.75) is 39.9 Å². The first-order chi connectivity index (χ1) is 10.4. The summed E-state index contributed by atoms with van der Waals surface area (Å²) in [5, 5.41) is 2.70. The highest BCUT2D eigenvalue weighted by Crippen LogP contribution is 2.11. The van der Waals surface area contributed by atoms with Gasteiger partial charge >= 0.3 is 0 Å². The smallest absolute Gasteiger partial charge is 0.251 e. The summed E-state index contributed by atoms with van der Waals surface area (Å²) >= 11 is 0. The maximum atomic E-state index is 12.2. The molecule has 1 aliphatic heterocycles. The van der Waals surface area contributed by atoms with Crippen LogP contribution in [-0.4, -0.2) is 48.6 Å². The zero-order valence-electron chi connectivity index (χ0n) is 13.7. The second-order valence-electron chi connectivity index (χ2n) is 6.04. The van der Waals surface area contributed by atoms with Crippen LogP contribution in [0.1, 0.15) is 35.3 Å². The van der Waals surface area contributed by atoms with Crippen LogP contribution >= 0.6 is 0 Å². The lowest BCUT2D eigenvalue weighted by Crippen LogP contribution is -2.51. The van der Waals surface area contributed by atoms with Crippen LogP contribution in [0.4, 0.5) is 0 Å². The van der Waals surface area contributed by atoms with E-state index < -0.39 is 0 Å². The van der Waals surface area contributed by atoms with Gasteiger partial charge in [-0.05, 0) is 51.0 Å². The van der Waals surface area contributed by atoms with Gasteiger partial charge in [0.15, 0.2) is 0 Å². The van der Waals surface area contributed by atoms with Gasteiger partial charge < -0.3 is 15.0 Å². The van der Waals surface area contributed by atoms with Gasteiger partial charge in [0.25, 0.3) is 5.91 Å². The molecule has 5 nitrogen and oxygen atoms in total. The van der Waals surface area contributed by atoms with Crippen LogP contribution in [0.15, 0.2) is 18.2 Å². The predicted octanol–water partition coefficient (Wildman–Crippen LogP) is 1.67. The first kappa shape index (κ1) is 16.5. The average molecular weight is 304 g/mol. The lowest BCUT2D eigenvalue weighted by molar-refractivity contribution is -0.142. The molecule has 0 saturated carbocycles. The van der Waals surface area contributed by atoms with Crippen LogP contribution in [0, 0.1) is 13.8 Å². The molecule has 1 N–H and O–H groups in total. The summed E-state index contributed by atoms with van der Waals surface area (Å²) < 4.78 is 5.60. The Morgan fingerprint density at radius 2 is 1.82 bits per heavy atom. The summed E-state index contributed by atoms with van der Waals surface area (Å²) in [6, 6.07) is 5.53. The Balaban J connectivity index is 1.90. The van der Waals surface area contributed by atoms with Crippen molar-refractivity contribution in [2.75, 3.05) is 19.6 Å². The molecule has 1 saturated heterocycles. The maximum Gasteiger partial charge on any atom is 0.251 e. The Bertz CT molecular complexity index is 561. The van der Waals surface area contributed by atoms with Crippen molar-refractivity contribution in [3.63, 3.8) is 0 Å². The number of hydrogen-bond donors (Lipinski definition) is 1. The number of morpholine rings is 1. The quantitative estimate of drug-likeness (QED) is 0.924. The van der Waals surface area contributed by atoms with Crippen LogP contribution < -0.4 is 5.32 Å². The van der Waals surface area contributed by atoms with E-state index in [0.717, 1.165) is 11.1 Å². The zero-order chi connectivity index (χ0) is 16.3. The molecule has 1 fully saturated rings. The zero-order valence-corrected chi connectivity index (χ0v) is 13.7. The normalized spacial score (nSPS) is 21.5. The van der Waals surface area contributed by atoms with Gasteiger partial charge in [-0.1, -0.05) is 6.07 Å². The summed E-state index contributed by atoms with van der Waals surface area (Å²) in [6.07, 6.45) is 0.0614. The van der Waals surface area contributed by atoms with E-state index in [-0.39, 0.29) is 30.6 Å². The van der Waals surface area contributed by atoms with Crippen molar-refractivity contribution in [1.29, 1.82) is 0 Å². The average Bonchev–Trinajstić information content (AvgIpc) is 2.46. The Morgan fingerprint density at radius 1 is 1.18 bits per heavy atom. The number of nitrogens with one attached hydrogen (secondary N) is 1. The minimum atomic E-state index is -0.217. The number of rotatable bonds is 3. The fourth-order valence-electron chi connectivity index (χ4n) is 2.63. The van der Waals surface area contributed by atoms with E-state index in [1.807, 2.05) is 39.8 Å². The fourth-order valence-corrected chi connectivity index (χ4v) is 2.63. The van der Waals surface area contributed by atoms with E-state index in [0.29, 0.717) is 18.7 Å². The molecule has 1 aromatic rings. The van der Waals surface area contributed by atoms with Gasteiger partial charge in [0, 0.05) is 18.7 Å². The summed E-state index contributed by atoms with van der Waals surface area (Å²) in [4.78, 5) is 26.1. The number of benzene rings is 1. The molecule has 0 radical (unpaired) electrons. The molecule has 2 amide bonds. The van der Waals surface area contributed by atoms with Crippen LogP contribution in [0.3, 0.4) is 0 Å². The van der Waals surface area contributed by atoms with Crippen molar-refractivity contribution in [2.24, 2.45) is 0 Å². The highest BCUT2D eigenvalue weighted by Gasteiger charge is 2.25. The number of carbonyl (C=O) groups is 2. The molecular weight excluding hydrogens is 280 g/mol. The molecule has 2 unspecified atom stereocenters. The molecule has 0 spiro atoms. The number of ether oxygens (including phenoxy) is 1. The number of hydrogen-bond acceptors (Lipinski definition) is 3. The second-order valence-corrected chi connectivity index (χ2v) is 6.04. The van der Waals surface area contributed by atoms with E-state index in [9.17, 15) is 9.59 Å². The number of carbonyl (C=O) groups excluding carboxylic acids is 2. The van der Waals surface area contributed by atoms with Crippen LogP contribution in [-0.2, 0) is 9.53 Å². The first-order valence-electron chi connectivity index (χ1n) is 7.65. The molecule has 1 aliphatic rings. The van der Waals surface area contributed by atoms with Crippen LogP contribution in [0.25, 0.3) is 0 Å². The van der Waals surface area contributed by atoms with Gasteiger partial charge in [0.2, 0.25) is 5.91 Å². The molecule has 0 aliphatic carbocycles. The van der Waals surface area contributed by atoms with Crippen molar-refractivity contribution in [3.8, 4) is 0 Å². The predicted molar refractivity (Wildman–Crippen MR) is 84.8 cm³/mol. The second kappa shape index (κ2) is 6.92. The topological polar surface area (TPSA) is 58.6 Å². The van der Waals surface area contributed by atoms with E-state index in [2.05, 4.69) is 5.32 Å². The van der Waals surface area contributed by atoms with Gasteiger partial charge in [0.05, 0.1) is 18.8 Å². The summed E-state index contributed by atoms with van der Waals surface area (Å²) in [5.74, 6) is -0.287.